The lowest BCUT2D eigenvalue weighted by Crippen LogP contribution is -2.54. The summed E-state index contributed by atoms with van der Waals surface area (Å²) in [4.78, 5) is 29.4. The second kappa shape index (κ2) is 13.3. The Balaban J connectivity index is 1.71. The molecular weight excluding hydrogens is 546 g/mol. The summed E-state index contributed by atoms with van der Waals surface area (Å²) in [6.45, 7) is 1.51. The van der Waals surface area contributed by atoms with E-state index in [0.717, 1.165) is 52.9 Å². The molecule has 1 unspecified atom stereocenters. The van der Waals surface area contributed by atoms with Crippen LogP contribution < -0.4 is 9.62 Å². The SMILES string of the molecule is Cc1ccc(N(CC(=O)N(Cc2ccccc2)C(Cc2ccccc2)C(=O)NC2CCCC2)S(C)(=O)=O)cc1Cl. The number of halogens is 1. The van der Waals surface area contributed by atoms with Gasteiger partial charge in [0, 0.05) is 24.0 Å². The molecule has 0 heterocycles. The zero-order valence-corrected chi connectivity index (χ0v) is 24.5. The van der Waals surface area contributed by atoms with Gasteiger partial charge in [-0.25, -0.2) is 8.42 Å². The summed E-state index contributed by atoms with van der Waals surface area (Å²) in [5.74, 6) is -0.710. The van der Waals surface area contributed by atoms with E-state index in [1.54, 1.807) is 18.2 Å². The molecule has 3 aromatic carbocycles. The van der Waals surface area contributed by atoms with Crippen LogP contribution in [0.25, 0.3) is 0 Å². The van der Waals surface area contributed by atoms with Gasteiger partial charge >= 0.3 is 0 Å². The number of nitrogens with zero attached hydrogens (tertiary/aromatic N) is 2. The highest BCUT2D eigenvalue weighted by molar-refractivity contribution is 7.92. The Morgan fingerprint density at radius 2 is 1.55 bits per heavy atom. The molecule has 1 aliphatic carbocycles. The van der Waals surface area contributed by atoms with Gasteiger partial charge in [-0.1, -0.05) is 91.2 Å². The lowest BCUT2D eigenvalue weighted by Gasteiger charge is -2.34. The fourth-order valence-electron chi connectivity index (χ4n) is 5.05. The first kappa shape index (κ1) is 29.6. The first-order chi connectivity index (χ1) is 19.1. The van der Waals surface area contributed by atoms with Crippen molar-refractivity contribution < 1.29 is 18.0 Å². The van der Waals surface area contributed by atoms with Crippen molar-refractivity contribution in [3.8, 4) is 0 Å². The summed E-state index contributed by atoms with van der Waals surface area (Å²) < 4.78 is 26.9. The quantitative estimate of drug-likeness (QED) is 0.341. The molecule has 212 valence electrons. The number of sulfonamides is 1. The molecule has 1 N–H and O–H groups in total. The van der Waals surface area contributed by atoms with Gasteiger partial charge in [0.05, 0.1) is 11.9 Å². The summed E-state index contributed by atoms with van der Waals surface area (Å²) in [7, 11) is -3.85. The van der Waals surface area contributed by atoms with Crippen molar-refractivity contribution in [2.75, 3.05) is 17.1 Å². The highest BCUT2D eigenvalue weighted by Gasteiger charge is 2.34. The fraction of sp³-hybridized carbons (Fsp3) is 0.355. The Labute approximate surface area is 242 Å². The molecular formula is C31H36ClN3O4S. The molecule has 0 saturated heterocycles. The van der Waals surface area contributed by atoms with Gasteiger partial charge < -0.3 is 10.2 Å². The van der Waals surface area contributed by atoms with Gasteiger partial charge in [0.1, 0.15) is 12.6 Å². The molecule has 9 heteroatoms. The molecule has 0 bridgehead atoms. The van der Waals surface area contributed by atoms with Crippen LogP contribution >= 0.6 is 11.6 Å². The molecule has 1 fully saturated rings. The Hall–Kier alpha value is -3.36. The molecule has 1 saturated carbocycles. The first-order valence-corrected chi connectivity index (χ1v) is 15.8. The largest absolute Gasteiger partial charge is 0.352 e. The van der Waals surface area contributed by atoms with E-state index in [1.165, 1.54) is 4.90 Å². The van der Waals surface area contributed by atoms with E-state index in [0.29, 0.717) is 17.1 Å². The molecule has 1 atom stereocenters. The summed E-state index contributed by atoms with van der Waals surface area (Å²) in [5, 5.41) is 3.57. The van der Waals surface area contributed by atoms with E-state index in [9.17, 15) is 18.0 Å². The molecule has 40 heavy (non-hydrogen) atoms. The van der Waals surface area contributed by atoms with Crippen LogP contribution in [0, 0.1) is 6.92 Å². The first-order valence-electron chi connectivity index (χ1n) is 13.5. The molecule has 0 aliphatic heterocycles. The number of hydrogen-bond donors (Lipinski definition) is 1. The van der Waals surface area contributed by atoms with E-state index < -0.39 is 28.5 Å². The Morgan fingerprint density at radius 3 is 2.12 bits per heavy atom. The zero-order valence-electron chi connectivity index (χ0n) is 22.9. The topological polar surface area (TPSA) is 86.8 Å². The number of nitrogens with one attached hydrogen (secondary N) is 1. The van der Waals surface area contributed by atoms with Gasteiger partial charge in [0.25, 0.3) is 0 Å². The van der Waals surface area contributed by atoms with Gasteiger partial charge in [0.15, 0.2) is 0 Å². The predicted octanol–water partition coefficient (Wildman–Crippen LogP) is 5.11. The van der Waals surface area contributed by atoms with Crippen LogP contribution in [-0.4, -0.2) is 50.0 Å². The lowest BCUT2D eigenvalue weighted by atomic mass is 10.0. The van der Waals surface area contributed by atoms with Crippen molar-refractivity contribution in [1.29, 1.82) is 0 Å². The molecule has 4 rings (SSSR count). The number of anilines is 1. The third-order valence-corrected chi connectivity index (χ3v) is 8.84. The number of benzene rings is 3. The number of carbonyl (C=O) groups excluding carboxylic acids is 2. The fourth-order valence-corrected chi connectivity index (χ4v) is 6.07. The van der Waals surface area contributed by atoms with E-state index in [-0.39, 0.29) is 18.5 Å². The number of hydrogen-bond acceptors (Lipinski definition) is 4. The van der Waals surface area contributed by atoms with Crippen LogP contribution in [-0.2, 0) is 32.6 Å². The molecule has 2 amide bonds. The molecule has 0 radical (unpaired) electrons. The molecule has 1 aliphatic rings. The van der Waals surface area contributed by atoms with Crippen molar-refractivity contribution in [2.24, 2.45) is 0 Å². The molecule has 3 aromatic rings. The average Bonchev–Trinajstić information content (AvgIpc) is 3.44. The maximum absolute atomic E-state index is 14.1. The van der Waals surface area contributed by atoms with Gasteiger partial charge in [-0.3, -0.25) is 13.9 Å². The Bertz CT molecular complexity index is 1410. The normalized spacial score (nSPS) is 14.5. The van der Waals surface area contributed by atoms with Crippen molar-refractivity contribution >= 4 is 39.1 Å². The number of rotatable bonds is 11. The summed E-state index contributed by atoms with van der Waals surface area (Å²) >= 11 is 6.31. The van der Waals surface area contributed by atoms with Crippen molar-refractivity contribution in [3.05, 3.63) is 101 Å². The minimum absolute atomic E-state index is 0.0710. The van der Waals surface area contributed by atoms with Gasteiger partial charge in [0.2, 0.25) is 21.8 Å². The zero-order chi connectivity index (χ0) is 28.7. The predicted molar refractivity (Wildman–Crippen MR) is 160 cm³/mol. The lowest BCUT2D eigenvalue weighted by molar-refractivity contribution is -0.140. The monoisotopic (exact) mass is 581 g/mol. The maximum atomic E-state index is 14.1. The third-order valence-electron chi connectivity index (χ3n) is 7.29. The average molecular weight is 582 g/mol. The van der Waals surface area contributed by atoms with Crippen molar-refractivity contribution in [2.45, 2.75) is 57.7 Å². The van der Waals surface area contributed by atoms with E-state index in [2.05, 4.69) is 5.32 Å². The summed E-state index contributed by atoms with van der Waals surface area (Å²) in [6.07, 6.45) is 5.29. The molecule has 0 spiro atoms. The van der Waals surface area contributed by atoms with Crippen LogP contribution in [0.2, 0.25) is 5.02 Å². The second-order valence-electron chi connectivity index (χ2n) is 10.4. The van der Waals surface area contributed by atoms with Crippen LogP contribution in [0.3, 0.4) is 0 Å². The second-order valence-corrected chi connectivity index (χ2v) is 12.7. The van der Waals surface area contributed by atoms with Crippen LogP contribution in [0.4, 0.5) is 5.69 Å². The van der Waals surface area contributed by atoms with Gasteiger partial charge in [-0.2, -0.15) is 0 Å². The van der Waals surface area contributed by atoms with Crippen LogP contribution in [0.5, 0.6) is 0 Å². The summed E-state index contributed by atoms with van der Waals surface area (Å²) in [5.41, 5.74) is 2.83. The van der Waals surface area contributed by atoms with E-state index >= 15 is 0 Å². The van der Waals surface area contributed by atoms with E-state index in [4.69, 9.17) is 11.6 Å². The summed E-state index contributed by atoms with van der Waals surface area (Å²) in [6, 6.07) is 23.1. The standard InChI is InChI=1S/C31H36ClN3O4S/c1-23-17-18-27(20-28(23)32)35(40(2,38)39)22-30(36)34(21-25-13-7-4-8-14-25)29(19-24-11-5-3-6-12-24)31(37)33-26-15-9-10-16-26/h3-8,11-14,17-18,20,26,29H,9-10,15-16,19,21-22H2,1-2H3,(H,33,37). The number of amides is 2. The molecule has 7 nitrogen and oxygen atoms in total. The highest BCUT2D eigenvalue weighted by Crippen LogP contribution is 2.26. The highest BCUT2D eigenvalue weighted by atomic mass is 35.5. The van der Waals surface area contributed by atoms with Gasteiger partial charge in [-0.15, -0.1) is 0 Å². The minimum atomic E-state index is -3.85. The van der Waals surface area contributed by atoms with Crippen LogP contribution in [0.1, 0.15) is 42.4 Å². The Kier molecular flexibility index (Phi) is 9.87. The van der Waals surface area contributed by atoms with Crippen molar-refractivity contribution in [1.82, 2.24) is 10.2 Å². The smallest absolute Gasteiger partial charge is 0.244 e. The third kappa shape index (κ3) is 7.86. The Morgan fingerprint density at radius 1 is 0.950 bits per heavy atom. The maximum Gasteiger partial charge on any atom is 0.244 e. The van der Waals surface area contributed by atoms with Gasteiger partial charge in [-0.05, 0) is 48.6 Å². The minimum Gasteiger partial charge on any atom is -0.352 e. The number of carbonyl (C=O) groups is 2. The van der Waals surface area contributed by atoms with Crippen molar-refractivity contribution in [3.63, 3.8) is 0 Å². The van der Waals surface area contributed by atoms with E-state index in [1.807, 2.05) is 67.6 Å². The van der Waals surface area contributed by atoms with Crippen LogP contribution in [0.15, 0.2) is 78.9 Å². The molecule has 0 aromatic heterocycles. The number of aryl methyl sites for hydroxylation is 1.